The maximum atomic E-state index is 12.2. The standard InChI is InChI=1S/C16H14F2N4O2/c17-16(18)24-12-5-3-4-11(10-12)15(23)19-8-7-14-21-20-13-6-1-2-9-22(13)14/h1-6,9-10,16H,7-8H2,(H,19,23). The van der Waals surface area contributed by atoms with Gasteiger partial charge in [0.1, 0.15) is 11.6 Å². The summed E-state index contributed by atoms with van der Waals surface area (Å²) in [6, 6.07) is 11.2. The van der Waals surface area contributed by atoms with Crippen LogP contribution in [0.3, 0.4) is 0 Å². The zero-order valence-electron chi connectivity index (χ0n) is 12.5. The number of carbonyl (C=O) groups is 1. The van der Waals surface area contributed by atoms with Gasteiger partial charge in [0.05, 0.1) is 0 Å². The maximum Gasteiger partial charge on any atom is 0.387 e. The molecule has 1 aromatic carbocycles. The number of benzene rings is 1. The first-order valence-electron chi connectivity index (χ1n) is 7.25. The normalized spacial score (nSPS) is 11.0. The van der Waals surface area contributed by atoms with E-state index in [0.29, 0.717) is 13.0 Å². The Hall–Kier alpha value is -3.03. The van der Waals surface area contributed by atoms with Crippen LogP contribution in [0, 0.1) is 0 Å². The van der Waals surface area contributed by atoms with Crippen molar-refractivity contribution in [3.05, 3.63) is 60.0 Å². The van der Waals surface area contributed by atoms with Crippen LogP contribution >= 0.6 is 0 Å². The minimum absolute atomic E-state index is 0.0545. The van der Waals surface area contributed by atoms with Crippen LogP contribution in [0.2, 0.25) is 0 Å². The van der Waals surface area contributed by atoms with Gasteiger partial charge in [-0.05, 0) is 30.3 Å². The summed E-state index contributed by atoms with van der Waals surface area (Å²) in [5.41, 5.74) is 0.981. The van der Waals surface area contributed by atoms with Gasteiger partial charge in [0.25, 0.3) is 5.91 Å². The number of pyridine rings is 1. The number of nitrogens with one attached hydrogen (secondary N) is 1. The number of fused-ring (bicyclic) bond motifs is 1. The molecule has 0 radical (unpaired) electrons. The fourth-order valence-electron chi connectivity index (χ4n) is 2.26. The minimum atomic E-state index is -2.93. The Balaban J connectivity index is 1.59. The highest BCUT2D eigenvalue weighted by Crippen LogP contribution is 2.15. The van der Waals surface area contributed by atoms with Gasteiger partial charge in [-0.2, -0.15) is 8.78 Å². The van der Waals surface area contributed by atoms with E-state index in [2.05, 4.69) is 20.3 Å². The average Bonchev–Trinajstić information content (AvgIpc) is 2.98. The van der Waals surface area contributed by atoms with Crippen LogP contribution in [-0.2, 0) is 6.42 Å². The number of alkyl halides is 2. The van der Waals surface area contributed by atoms with E-state index in [0.717, 1.165) is 11.5 Å². The predicted octanol–water partition coefficient (Wildman–Crippen LogP) is 2.30. The molecule has 0 spiro atoms. The molecule has 3 rings (SSSR count). The lowest BCUT2D eigenvalue weighted by atomic mass is 10.2. The molecule has 1 amide bonds. The molecule has 24 heavy (non-hydrogen) atoms. The number of carbonyl (C=O) groups excluding carboxylic acids is 1. The molecular formula is C16H14F2N4O2. The Morgan fingerprint density at radius 2 is 2.08 bits per heavy atom. The lowest BCUT2D eigenvalue weighted by molar-refractivity contribution is -0.0498. The number of amides is 1. The number of hydrogen-bond donors (Lipinski definition) is 1. The molecule has 0 bridgehead atoms. The van der Waals surface area contributed by atoms with E-state index in [1.54, 1.807) is 0 Å². The highest BCUT2D eigenvalue weighted by atomic mass is 19.3. The summed E-state index contributed by atoms with van der Waals surface area (Å²) in [6.45, 7) is -2.58. The summed E-state index contributed by atoms with van der Waals surface area (Å²) in [6.07, 6.45) is 2.34. The number of halogens is 2. The zero-order chi connectivity index (χ0) is 16.9. The highest BCUT2D eigenvalue weighted by molar-refractivity contribution is 5.94. The van der Waals surface area contributed by atoms with Gasteiger partial charge in [0, 0.05) is 24.7 Å². The van der Waals surface area contributed by atoms with Crippen molar-refractivity contribution in [3.8, 4) is 5.75 Å². The van der Waals surface area contributed by atoms with Gasteiger partial charge in [-0.15, -0.1) is 10.2 Å². The fraction of sp³-hybridized carbons (Fsp3) is 0.188. The fourth-order valence-corrected chi connectivity index (χ4v) is 2.26. The van der Waals surface area contributed by atoms with Gasteiger partial charge < -0.3 is 10.1 Å². The second-order valence-electron chi connectivity index (χ2n) is 4.96. The van der Waals surface area contributed by atoms with Gasteiger partial charge in [-0.25, -0.2) is 0 Å². The molecule has 0 aliphatic heterocycles. The van der Waals surface area contributed by atoms with Crippen molar-refractivity contribution in [1.82, 2.24) is 19.9 Å². The van der Waals surface area contributed by atoms with Crippen LogP contribution in [-0.4, -0.2) is 33.7 Å². The first kappa shape index (κ1) is 15.9. The molecule has 0 aliphatic carbocycles. The molecule has 0 saturated heterocycles. The Morgan fingerprint density at radius 1 is 1.21 bits per heavy atom. The topological polar surface area (TPSA) is 68.5 Å². The molecule has 0 aliphatic rings. The van der Waals surface area contributed by atoms with Gasteiger partial charge in [0.2, 0.25) is 0 Å². The van der Waals surface area contributed by atoms with E-state index in [-0.39, 0.29) is 17.2 Å². The van der Waals surface area contributed by atoms with Crippen LogP contribution in [0.5, 0.6) is 5.75 Å². The zero-order valence-corrected chi connectivity index (χ0v) is 12.5. The molecule has 0 unspecified atom stereocenters. The summed E-state index contributed by atoms with van der Waals surface area (Å²) >= 11 is 0. The highest BCUT2D eigenvalue weighted by Gasteiger charge is 2.10. The van der Waals surface area contributed by atoms with Crippen molar-refractivity contribution in [3.63, 3.8) is 0 Å². The third kappa shape index (κ3) is 3.65. The van der Waals surface area contributed by atoms with E-state index in [9.17, 15) is 13.6 Å². The molecule has 2 heterocycles. The Labute approximate surface area is 136 Å². The van der Waals surface area contributed by atoms with Gasteiger partial charge in [-0.3, -0.25) is 9.20 Å². The van der Waals surface area contributed by atoms with E-state index in [1.165, 1.54) is 24.3 Å². The number of hydrogen-bond acceptors (Lipinski definition) is 4. The SMILES string of the molecule is O=C(NCCc1nnc2ccccn12)c1cccc(OC(F)F)c1. The monoisotopic (exact) mass is 332 g/mol. The van der Waals surface area contributed by atoms with Gasteiger partial charge >= 0.3 is 6.61 Å². The van der Waals surface area contributed by atoms with Crippen LogP contribution in [0.15, 0.2) is 48.7 Å². The van der Waals surface area contributed by atoms with E-state index < -0.39 is 6.61 Å². The summed E-state index contributed by atoms with van der Waals surface area (Å²) in [5.74, 6) is 0.297. The van der Waals surface area contributed by atoms with Crippen molar-refractivity contribution in [2.45, 2.75) is 13.0 Å². The molecule has 2 aromatic heterocycles. The van der Waals surface area contributed by atoms with Crippen molar-refractivity contribution in [2.75, 3.05) is 6.54 Å². The molecule has 1 N–H and O–H groups in total. The van der Waals surface area contributed by atoms with Crippen LogP contribution in [0.25, 0.3) is 5.65 Å². The average molecular weight is 332 g/mol. The summed E-state index contributed by atoms with van der Waals surface area (Å²) in [5, 5.41) is 10.8. The molecule has 3 aromatic rings. The van der Waals surface area contributed by atoms with Gasteiger partial charge in [0.15, 0.2) is 5.65 Å². The quantitative estimate of drug-likeness (QED) is 0.752. The number of ether oxygens (including phenoxy) is 1. The van der Waals surface area contributed by atoms with E-state index >= 15 is 0 Å². The molecule has 0 fully saturated rings. The van der Waals surface area contributed by atoms with Crippen LogP contribution < -0.4 is 10.1 Å². The minimum Gasteiger partial charge on any atom is -0.435 e. The van der Waals surface area contributed by atoms with Gasteiger partial charge in [-0.1, -0.05) is 12.1 Å². The molecule has 8 heteroatoms. The Bertz CT molecular complexity index is 851. The molecular weight excluding hydrogens is 318 g/mol. The third-order valence-corrected chi connectivity index (χ3v) is 3.34. The van der Waals surface area contributed by atoms with Crippen molar-refractivity contribution >= 4 is 11.6 Å². The summed E-state index contributed by atoms with van der Waals surface area (Å²) < 4.78 is 30.5. The predicted molar refractivity (Wildman–Crippen MR) is 82.1 cm³/mol. The second-order valence-corrected chi connectivity index (χ2v) is 4.96. The lowest BCUT2D eigenvalue weighted by Gasteiger charge is -2.07. The molecule has 6 nitrogen and oxygen atoms in total. The Kier molecular flexibility index (Phi) is 4.64. The number of rotatable bonds is 6. The number of nitrogens with zero attached hydrogens (tertiary/aromatic N) is 3. The van der Waals surface area contributed by atoms with Crippen molar-refractivity contribution < 1.29 is 18.3 Å². The third-order valence-electron chi connectivity index (χ3n) is 3.34. The first-order valence-corrected chi connectivity index (χ1v) is 7.25. The molecule has 0 saturated carbocycles. The lowest BCUT2D eigenvalue weighted by Crippen LogP contribution is -2.26. The molecule has 0 atom stereocenters. The summed E-state index contributed by atoms with van der Waals surface area (Å²) in [4.78, 5) is 12.1. The number of aromatic nitrogens is 3. The van der Waals surface area contributed by atoms with Crippen molar-refractivity contribution in [2.24, 2.45) is 0 Å². The maximum absolute atomic E-state index is 12.2. The first-order chi connectivity index (χ1) is 11.6. The Morgan fingerprint density at radius 3 is 2.92 bits per heavy atom. The smallest absolute Gasteiger partial charge is 0.387 e. The van der Waals surface area contributed by atoms with E-state index in [4.69, 9.17) is 0 Å². The van der Waals surface area contributed by atoms with Crippen molar-refractivity contribution in [1.29, 1.82) is 0 Å². The van der Waals surface area contributed by atoms with Crippen LogP contribution in [0.4, 0.5) is 8.78 Å². The second kappa shape index (κ2) is 7.03. The molecule has 124 valence electrons. The largest absolute Gasteiger partial charge is 0.435 e. The summed E-state index contributed by atoms with van der Waals surface area (Å²) in [7, 11) is 0. The van der Waals surface area contributed by atoms with Crippen LogP contribution in [0.1, 0.15) is 16.2 Å². The van der Waals surface area contributed by atoms with E-state index in [1.807, 2.05) is 28.8 Å².